The molecule has 0 aliphatic heterocycles. The molecule has 0 atom stereocenters. The lowest BCUT2D eigenvalue weighted by molar-refractivity contribution is -0.144. The fourth-order valence-corrected chi connectivity index (χ4v) is 2.78. The Labute approximate surface area is 145 Å². The SMILES string of the molecule is Cn1ncc2c(NCc3ccc(S(N)(=O)=O)cc3)nc(C(F)(F)F)nc21. The number of hydrogen-bond acceptors (Lipinski definition) is 6. The maximum Gasteiger partial charge on any atom is 0.451 e. The number of halogens is 3. The van der Waals surface area contributed by atoms with E-state index in [9.17, 15) is 21.6 Å². The summed E-state index contributed by atoms with van der Waals surface area (Å²) in [6.07, 6.45) is -3.34. The first-order valence-corrected chi connectivity index (χ1v) is 8.73. The maximum atomic E-state index is 13.0. The standard InChI is InChI=1S/C14H13F3N6O2S/c1-23-12-10(7-20-23)11(21-13(22-12)14(15,16)17)19-6-8-2-4-9(5-3-8)26(18,24)25/h2-5,7H,6H2,1H3,(H2,18,24,25)(H,19,21,22). The molecule has 26 heavy (non-hydrogen) atoms. The zero-order chi connectivity index (χ0) is 19.1. The van der Waals surface area contributed by atoms with Crippen LogP contribution in [-0.2, 0) is 29.8 Å². The molecule has 0 saturated heterocycles. The van der Waals surface area contributed by atoms with Crippen LogP contribution < -0.4 is 10.5 Å². The van der Waals surface area contributed by atoms with Crippen LogP contribution in [0.3, 0.4) is 0 Å². The Morgan fingerprint density at radius 1 is 1.19 bits per heavy atom. The fourth-order valence-electron chi connectivity index (χ4n) is 2.27. The third-order valence-electron chi connectivity index (χ3n) is 3.56. The quantitative estimate of drug-likeness (QED) is 0.704. The fraction of sp³-hybridized carbons (Fsp3) is 0.214. The molecule has 0 spiro atoms. The number of aromatic nitrogens is 4. The van der Waals surface area contributed by atoms with E-state index in [1.807, 2.05) is 0 Å². The Bertz CT molecular complexity index is 1060. The van der Waals surface area contributed by atoms with Crippen LogP contribution in [0.5, 0.6) is 0 Å². The number of primary sulfonamides is 1. The smallest absolute Gasteiger partial charge is 0.365 e. The summed E-state index contributed by atoms with van der Waals surface area (Å²) in [5.74, 6) is -1.30. The van der Waals surface area contributed by atoms with Crippen LogP contribution in [0.1, 0.15) is 11.4 Å². The van der Waals surface area contributed by atoms with Gasteiger partial charge in [0.1, 0.15) is 5.82 Å². The second kappa shape index (κ2) is 6.21. The molecule has 0 bridgehead atoms. The minimum Gasteiger partial charge on any atom is -0.365 e. The van der Waals surface area contributed by atoms with Gasteiger partial charge in [0.05, 0.1) is 16.5 Å². The number of alkyl halides is 3. The van der Waals surface area contributed by atoms with Crippen LogP contribution in [0.15, 0.2) is 35.4 Å². The molecule has 12 heteroatoms. The van der Waals surface area contributed by atoms with Gasteiger partial charge in [-0.05, 0) is 17.7 Å². The van der Waals surface area contributed by atoms with Crippen LogP contribution in [0.25, 0.3) is 11.0 Å². The number of anilines is 1. The number of nitrogens with zero attached hydrogens (tertiary/aromatic N) is 4. The van der Waals surface area contributed by atoms with Crippen molar-refractivity contribution in [2.24, 2.45) is 12.2 Å². The maximum absolute atomic E-state index is 13.0. The first-order chi connectivity index (χ1) is 12.1. The molecule has 3 N–H and O–H groups in total. The van der Waals surface area contributed by atoms with Crippen molar-refractivity contribution >= 4 is 26.9 Å². The van der Waals surface area contributed by atoms with Crippen LogP contribution in [0, 0.1) is 0 Å². The van der Waals surface area contributed by atoms with Gasteiger partial charge >= 0.3 is 6.18 Å². The number of aryl methyl sites for hydroxylation is 1. The minimum atomic E-state index is -4.70. The van der Waals surface area contributed by atoms with Crippen molar-refractivity contribution in [2.45, 2.75) is 17.6 Å². The van der Waals surface area contributed by atoms with Crippen LogP contribution >= 0.6 is 0 Å². The number of nitrogens with one attached hydrogen (secondary N) is 1. The van der Waals surface area contributed by atoms with Gasteiger partial charge in [-0.2, -0.15) is 18.3 Å². The zero-order valence-corrected chi connectivity index (χ0v) is 14.1. The molecule has 0 saturated carbocycles. The van der Waals surface area contributed by atoms with Gasteiger partial charge in [-0.15, -0.1) is 0 Å². The Morgan fingerprint density at radius 3 is 2.42 bits per heavy atom. The highest BCUT2D eigenvalue weighted by Crippen LogP contribution is 2.30. The monoisotopic (exact) mass is 386 g/mol. The summed E-state index contributed by atoms with van der Waals surface area (Å²) < 4.78 is 62.7. The van der Waals surface area contributed by atoms with Crippen molar-refractivity contribution in [1.29, 1.82) is 0 Å². The van der Waals surface area contributed by atoms with Gasteiger partial charge in [-0.25, -0.2) is 23.5 Å². The van der Waals surface area contributed by atoms with Gasteiger partial charge < -0.3 is 5.32 Å². The number of benzene rings is 1. The average molecular weight is 386 g/mol. The highest BCUT2D eigenvalue weighted by Gasteiger charge is 2.36. The van der Waals surface area contributed by atoms with E-state index >= 15 is 0 Å². The normalized spacial score (nSPS) is 12.5. The lowest BCUT2D eigenvalue weighted by atomic mass is 10.2. The highest BCUT2D eigenvalue weighted by atomic mass is 32.2. The number of rotatable bonds is 4. The minimum absolute atomic E-state index is 0.0223. The lowest BCUT2D eigenvalue weighted by Crippen LogP contribution is -2.14. The van der Waals surface area contributed by atoms with Crippen molar-refractivity contribution in [3.05, 3.63) is 41.9 Å². The van der Waals surface area contributed by atoms with Gasteiger partial charge in [-0.1, -0.05) is 12.1 Å². The number of hydrogen-bond donors (Lipinski definition) is 2. The van der Waals surface area contributed by atoms with E-state index < -0.39 is 22.0 Å². The second-order valence-electron chi connectivity index (χ2n) is 5.44. The average Bonchev–Trinajstić information content (AvgIpc) is 2.93. The summed E-state index contributed by atoms with van der Waals surface area (Å²) in [7, 11) is -2.33. The molecule has 3 rings (SSSR count). The van der Waals surface area contributed by atoms with Crippen molar-refractivity contribution in [3.8, 4) is 0 Å². The van der Waals surface area contributed by atoms with Gasteiger partial charge in [-0.3, -0.25) is 4.68 Å². The highest BCUT2D eigenvalue weighted by molar-refractivity contribution is 7.89. The molecular weight excluding hydrogens is 373 g/mol. The lowest BCUT2D eigenvalue weighted by Gasteiger charge is -2.11. The van der Waals surface area contributed by atoms with Crippen LogP contribution in [0.4, 0.5) is 19.0 Å². The summed E-state index contributed by atoms with van der Waals surface area (Å²) in [6, 6.07) is 5.62. The van der Waals surface area contributed by atoms with E-state index in [-0.39, 0.29) is 22.9 Å². The molecule has 0 aliphatic rings. The Morgan fingerprint density at radius 2 is 1.85 bits per heavy atom. The molecule has 0 radical (unpaired) electrons. The number of sulfonamides is 1. The van der Waals surface area contributed by atoms with Gasteiger partial charge in [0, 0.05) is 13.6 Å². The molecule has 2 heterocycles. The zero-order valence-electron chi connectivity index (χ0n) is 13.3. The first kappa shape index (κ1) is 18.1. The molecule has 0 amide bonds. The van der Waals surface area contributed by atoms with E-state index in [1.165, 1.54) is 42.2 Å². The Hall–Kier alpha value is -2.73. The summed E-state index contributed by atoms with van der Waals surface area (Å²) in [4.78, 5) is 6.99. The Balaban J connectivity index is 1.91. The van der Waals surface area contributed by atoms with E-state index in [0.29, 0.717) is 10.9 Å². The molecule has 0 unspecified atom stereocenters. The number of fused-ring (bicyclic) bond motifs is 1. The molecule has 1 aromatic carbocycles. The Kier molecular flexibility index (Phi) is 4.32. The summed E-state index contributed by atoms with van der Waals surface area (Å²) in [6.45, 7) is 0.114. The molecule has 2 aromatic heterocycles. The first-order valence-electron chi connectivity index (χ1n) is 7.18. The van der Waals surface area contributed by atoms with Crippen molar-refractivity contribution in [3.63, 3.8) is 0 Å². The van der Waals surface area contributed by atoms with Crippen LogP contribution in [-0.4, -0.2) is 28.2 Å². The van der Waals surface area contributed by atoms with Gasteiger partial charge in [0.15, 0.2) is 5.65 Å². The van der Waals surface area contributed by atoms with Crippen LogP contribution in [0.2, 0.25) is 0 Å². The third-order valence-corrected chi connectivity index (χ3v) is 4.49. The van der Waals surface area contributed by atoms with E-state index in [4.69, 9.17) is 5.14 Å². The molecular formula is C14H13F3N6O2S. The predicted molar refractivity (Wildman–Crippen MR) is 86.4 cm³/mol. The van der Waals surface area contributed by atoms with Crippen molar-refractivity contribution in [1.82, 2.24) is 19.7 Å². The summed E-state index contributed by atoms with van der Waals surface area (Å²) in [5.41, 5.74) is 0.668. The van der Waals surface area contributed by atoms with E-state index in [0.717, 1.165) is 0 Å². The predicted octanol–water partition coefficient (Wildman–Crippen LogP) is 1.64. The molecule has 0 fully saturated rings. The summed E-state index contributed by atoms with van der Waals surface area (Å²) in [5, 5.41) is 12.1. The second-order valence-corrected chi connectivity index (χ2v) is 7.00. The van der Waals surface area contributed by atoms with Crippen molar-refractivity contribution in [2.75, 3.05) is 5.32 Å². The van der Waals surface area contributed by atoms with Gasteiger partial charge in [0.2, 0.25) is 15.8 Å². The molecule has 8 nitrogen and oxygen atoms in total. The molecule has 0 aliphatic carbocycles. The topological polar surface area (TPSA) is 116 Å². The largest absolute Gasteiger partial charge is 0.451 e. The molecule has 138 valence electrons. The summed E-state index contributed by atoms with van der Waals surface area (Å²) >= 11 is 0. The number of nitrogens with two attached hydrogens (primary N) is 1. The van der Waals surface area contributed by atoms with E-state index in [2.05, 4.69) is 20.4 Å². The molecule has 3 aromatic rings. The third kappa shape index (κ3) is 3.60. The van der Waals surface area contributed by atoms with Crippen molar-refractivity contribution < 1.29 is 21.6 Å². The van der Waals surface area contributed by atoms with E-state index in [1.54, 1.807) is 0 Å². The van der Waals surface area contributed by atoms with Gasteiger partial charge in [0.25, 0.3) is 0 Å².